The van der Waals surface area contributed by atoms with Gasteiger partial charge in [-0.3, -0.25) is 28.9 Å². The minimum absolute atomic E-state index is 0.00431. The Morgan fingerprint density at radius 2 is 1.36 bits per heavy atom. The highest BCUT2D eigenvalue weighted by Gasteiger charge is 2.35. The zero-order valence-electron chi connectivity index (χ0n) is 41.2. The second-order valence-electron chi connectivity index (χ2n) is 17.7. The highest BCUT2D eigenvalue weighted by Crippen LogP contribution is 2.35. The summed E-state index contributed by atoms with van der Waals surface area (Å²) in [5.74, 6) is -5.01. The van der Waals surface area contributed by atoms with Crippen LogP contribution in [0.25, 0.3) is 0 Å². The van der Waals surface area contributed by atoms with Crippen LogP contribution in [0.3, 0.4) is 0 Å². The predicted octanol–water partition coefficient (Wildman–Crippen LogP) is 2.79. The molecule has 0 spiro atoms. The van der Waals surface area contributed by atoms with E-state index in [0.29, 0.717) is 44.6 Å². The molecular formula is C49H68F2N12O9. The van der Waals surface area contributed by atoms with Gasteiger partial charge in [-0.2, -0.15) is 4.99 Å². The summed E-state index contributed by atoms with van der Waals surface area (Å²) in [4.78, 5) is 94.0. The Hall–Kier alpha value is -7.56. The molecule has 0 saturated carbocycles. The number of benzene rings is 3. The van der Waals surface area contributed by atoms with Gasteiger partial charge in [-0.05, 0) is 62.8 Å². The fraction of sp³-hybridized carbons (Fsp3) is 0.469. The van der Waals surface area contributed by atoms with E-state index in [4.69, 9.17) is 10.5 Å². The molecule has 23 heteroatoms. The van der Waals surface area contributed by atoms with E-state index in [1.807, 2.05) is 29.2 Å². The molecule has 8 amide bonds. The van der Waals surface area contributed by atoms with Crippen LogP contribution in [0.5, 0.6) is 5.75 Å². The van der Waals surface area contributed by atoms with Crippen molar-refractivity contribution in [3.8, 4) is 5.75 Å². The average molecular weight is 1010 g/mol. The molecule has 0 unspecified atom stereocenters. The van der Waals surface area contributed by atoms with E-state index in [9.17, 15) is 47.4 Å². The summed E-state index contributed by atoms with van der Waals surface area (Å²) in [6.45, 7) is 8.74. The zero-order valence-corrected chi connectivity index (χ0v) is 41.2. The maximum absolute atomic E-state index is 14.6. The summed E-state index contributed by atoms with van der Waals surface area (Å²) >= 11 is 0. The summed E-state index contributed by atoms with van der Waals surface area (Å²) in [5, 5.41) is 34.4. The van der Waals surface area contributed by atoms with Gasteiger partial charge in [-0.15, -0.1) is 0 Å². The average Bonchev–Trinajstić information content (AvgIpc) is 3.75. The number of nitrogens with zero attached hydrogens (tertiary/aromatic N) is 2. The van der Waals surface area contributed by atoms with Crippen LogP contribution in [0.15, 0.2) is 65.7 Å². The van der Waals surface area contributed by atoms with Crippen LogP contribution in [0.2, 0.25) is 0 Å². The van der Waals surface area contributed by atoms with Crippen molar-refractivity contribution in [3.63, 3.8) is 0 Å². The number of carbonyl (C=O) groups is 7. The van der Waals surface area contributed by atoms with E-state index in [-0.39, 0.29) is 82.1 Å². The second-order valence-corrected chi connectivity index (χ2v) is 17.7. The van der Waals surface area contributed by atoms with Crippen LogP contribution in [-0.4, -0.2) is 115 Å². The van der Waals surface area contributed by atoms with Gasteiger partial charge < -0.3 is 63.4 Å². The molecule has 12 N–H and O–H groups in total. The number of phenolic OH excluding ortho intramolecular Hbond substituents is 1. The molecule has 1 heterocycles. The number of ether oxygens (including phenoxy) is 1. The first kappa shape index (κ1) is 57.0. The summed E-state index contributed by atoms with van der Waals surface area (Å²) in [7, 11) is 0. The molecule has 0 bridgehead atoms. The monoisotopic (exact) mass is 1010 g/mol. The van der Waals surface area contributed by atoms with Gasteiger partial charge in [0.1, 0.15) is 35.1 Å². The van der Waals surface area contributed by atoms with Gasteiger partial charge in [0, 0.05) is 108 Å². The van der Waals surface area contributed by atoms with Crippen molar-refractivity contribution in [1.29, 1.82) is 0 Å². The SMILES string of the molecule is CCC(=O)NCCNC(=O)/N=C(/N)NCCC[C@@H](NC(=O)[C@H](c1ccccc1)N1Cc2cccc(NCCCNC(=O)CCC(=O)NCCNC(=O)OC(C)(C)C)c2C1)C(=O)NCc1c(F)cc(O)cc1F. The van der Waals surface area contributed by atoms with Crippen LogP contribution in [0, 0.1) is 11.6 Å². The minimum Gasteiger partial charge on any atom is -0.508 e. The number of guanidine groups is 1. The number of amides is 8. The smallest absolute Gasteiger partial charge is 0.407 e. The molecular weight excluding hydrogens is 939 g/mol. The van der Waals surface area contributed by atoms with E-state index >= 15 is 0 Å². The number of aromatic hydroxyl groups is 1. The summed E-state index contributed by atoms with van der Waals surface area (Å²) < 4.78 is 34.4. The van der Waals surface area contributed by atoms with Gasteiger partial charge in [-0.1, -0.05) is 49.4 Å². The fourth-order valence-corrected chi connectivity index (χ4v) is 7.37. The van der Waals surface area contributed by atoms with Crippen molar-refractivity contribution >= 4 is 53.3 Å². The lowest BCUT2D eigenvalue weighted by atomic mass is 10.0. The van der Waals surface area contributed by atoms with Crippen molar-refractivity contribution in [3.05, 3.63) is 94.6 Å². The standard InChI is InChI=1S/C49H68F2N12O9/c1-5-40(65)55-22-24-58-47(70)62-46(52)57-19-10-16-39(44(68)60-28-34-36(50)26-33(64)27-37(34)51)61-45(69)43(31-12-7-6-8-13-31)63-29-32-14-9-15-38(35(32)30-63)53-20-11-21-54-41(66)17-18-42(67)56-23-25-59-48(71)72-49(2,3)4/h6-9,12-15,26-27,39,43,53,64H,5,10-11,16-25,28-30H2,1-4H3,(H,54,66)(H,55,65)(H,56,67)(H,59,71)(H,60,68)(H,61,69)(H4,52,57,58,62,70)/t39-,43+/m1/s1. The van der Waals surface area contributed by atoms with Crippen molar-refractivity contribution < 1.29 is 52.2 Å². The van der Waals surface area contributed by atoms with E-state index in [0.717, 1.165) is 28.9 Å². The van der Waals surface area contributed by atoms with Crippen molar-refractivity contribution in [2.45, 2.75) is 104 Å². The van der Waals surface area contributed by atoms with Gasteiger partial charge in [0.15, 0.2) is 5.96 Å². The number of nitrogens with one attached hydrogen (secondary N) is 9. The number of phenols is 1. The molecule has 72 heavy (non-hydrogen) atoms. The van der Waals surface area contributed by atoms with Gasteiger partial charge in [-0.25, -0.2) is 18.4 Å². The Labute approximate surface area is 417 Å². The molecule has 1 aliphatic heterocycles. The zero-order chi connectivity index (χ0) is 52.6. The number of urea groups is 1. The number of rotatable bonds is 26. The lowest BCUT2D eigenvalue weighted by Gasteiger charge is -2.29. The summed E-state index contributed by atoms with van der Waals surface area (Å²) in [6.07, 6.45) is 0.487. The van der Waals surface area contributed by atoms with Crippen LogP contribution in [0.1, 0.15) is 94.5 Å². The molecule has 2 atom stereocenters. The Kier molecular flexibility index (Phi) is 22.9. The van der Waals surface area contributed by atoms with Crippen molar-refractivity contribution in [2.75, 3.05) is 51.1 Å². The highest BCUT2D eigenvalue weighted by atomic mass is 19.1. The molecule has 0 saturated heterocycles. The Morgan fingerprint density at radius 3 is 2.03 bits per heavy atom. The van der Waals surface area contributed by atoms with E-state index in [2.05, 4.69) is 52.8 Å². The number of fused-ring (bicyclic) bond motifs is 1. The third-order valence-electron chi connectivity index (χ3n) is 10.9. The summed E-state index contributed by atoms with van der Waals surface area (Å²) in [5.41, 5.74) is 8.18. The number of nitrogens with two attached hydrogens (primary N) is 1. The van der Waals surface area contributed by atoms with Gasteiger partial charge in [0.2, 0.25) is 29.5 Å². The molecule has 392 valence electrons. The number of hydrogen-bond acceptors (Lipinski definition) is 11. The lowest BCUT2D eigenvalue weighted by molar-refractivity contribution is -0.132. The normalized spacial score (nSPS) is 13.1. The van der Waals surface area contributed by atoms with E-state index in [1.54, 1.807) is 52.0 Å². The first-order valence-electron chi connectivity index (χ1n) is 23.8. The first-order valence-corrected chi connectivity index (χ1v) is 23.8. The number of aliphatic imine (C=N–C) groups is 1. The quantitative estimate of drug-likeness (QED) is 0.0314. The molecule has 3 aromatic carbocycles. The predicted molar refractivity (Wildman–Crippen MR) is 265 cm³/mol. The topological polar surface area (TPSA) is 299 Å². The number of hydrogen-bond donors (Lipinski definition) is 11. The van der Waals surface area contributed by atoms with Crippen LogP contribution in [0.4, 0.5) is 24.1 Å². The van der Waals surface area contributed by atoms with Crippen molar-refractivity contribution in [1.82, 2.24) is 47.4 Å². The largest absolute Gasteiger partial charge is 0.508 e. The third kappa shape index (κ3) is 20.0. The van der Waals surface area contributed by atoms with Crippen LogP contribution < -0.4 is 53.6 Å². The number of halogens is 2. The molecule has 0 radical (unpaired) electrons. The first-order chi connectivity index (χ1) is 34.3. The molecule has 0 aliphatic carbocycles. The number of anilines is 1. The van der Waals surface area contributed by atoms with Crippen LogP contribution >= 0.6 is 0 Å². The summed E-state index contributed by atoms with van der Waals surface area (Å²) in [6, 6.07) is 13.4. The molecule has 0 fully saturated rings. The molecule has 3 aromatic rings. The molecule has 4 rings (SSSR count). The number of carbonyl (C=O) groups excluding carboxylic acids is 7. The third-order valence-corrected chi connectivity index (χ3v) is 10.9. The molecule has 1 aliphatic rings. The second kappa shape index (κ2) is 28.9. The van der Waals surface area contributed by atoms with Crippen molar-refractivity contribution in [2.24, 2.45) is 10.7 Å². The Bertz CT molecular complexity index is 2350. The number of alkyl carbamates (subject to hydrolysis) is 1. The maximum Gasteiger partial charge on any atom is 0.407 e. The Balaban J connectivity index is 1.34. The highest BCUT2D eigenvalue weighted by molar-refractivity contribution is 5.92. The van der Waals surface area contributed by atoms with Gasteiger partial charge >= 0.3 is 12.1 Å². The maximum atomic E-state index is 14.6. The fourth-order valence-electron chi connectivity index (χ4n) is 7.37. The van der Waals surface area contributed by atoms with Gasteiger partial charge in [0.25, 0.3) is 0 Å². The lowest BCUT2D eigenvalue weighted by Crippen LogP contribution is -2.50. The molecule has 0 aromatic heterocycles. The van der Waals surface area contributed by atoms with Gasteiger partial charge in [0.05, 0.1) is 0 Å². The van der Waals surface area contributed by atoms with E-state index in [1.165, 1.54) is 0 Å². The van der Waals surface area contributed by atoms with Crippen LogP contribution in [-0.2, 0) is 48.3 Å². The van der Waals surface area contributed by atoms with E-state index < -0.39 is 71.1 Å². The Morgan fingerprint density at radius 1 is 0.736 bits per heavy atom. The molecule has 21 nitrogen and oxygen atoms in total. The minimum atomic E-state index is -1.21.